The van der Waals surface area contributed by atoms with E-state index in [1.165, 1.54) is 12.1 Å². The molecule has 0 fully saturated rings. The second kappa shape index (κ2) is 6.01. The van der Waals surface area contributed by atoms with E-state index >= 15 is 0 Å². The van der Waals surface area contributed by atoms with E-state index in [1.807, 2.05) is 48.3 Å². The number of nitrogens with zero attached hydrogens (tertiary/aromatic N) is 2. The Hall–Kier alpha value is -2.34. The van der Waals surface area contributed by atoms with Crippen LogP contribution in [0.5, 0.6) is 0 Å². The van der Waals surface area contributed by atoms with Gasteiger partial charge in [-0.2, -0.15) is 5.26 Å². The van der Waals surface area contributed by atoms with Gasteiger partial charge in [0.15, 0.2) is 0 Å². The van der Waals surface area contributed by atoms with Gasteiger partial charge in [0, 0.05) is 19.3 Å². The lowest BCUT2D eigenvalue weighted by Gasteiger charge is -2.22. The molecule has 19 heavy (non-hydrogen) atoms. The van der Waals surface area contributed by atoms with Gasteiger partial charge in [0.1, 0.15) is 5.82 Å². The van der Waals surface area contributed by atoms with Gasteiger partial charge in [0.25, 0.3) is 0 Å². The van der Waals surface area contributed by atoms with E-state index in [0.717, 1.165) is 11.3 Å². The Kier molecular flexibility index (Phi) is 4.15. The van der Waals surface area contributed by atoms with Crippen LogP contribution in [0.1, 0.15) is 11.5 Å². The second-order valence-corrected chi connectivity index (χ2v) is 4.45. The second-order valence-electron chi connectivity index (χ2n) is 4.45. The van der Waals surface area contributed by atoms with Crippen LogP contribution < -0.4 is 4.90 Å². The Labute approximate surface area is 112 Å². The summed E-state index contributed by atoms with van der Waals surface area (Å²) in [6.45, 7) is 0.532. The predicted molar refractivity (Wildman–Crippen MR) is 74.5 cm³/mol. The maximum Gasteiger partial charge on any atom is 0.125 e. The highest BCUT2D eigenvalue weighted by Crippen LogP contribution is 2.20. The first-order valence-electron chi connectivity index (χ1n) is 6.12. The minimum atomic E-state index is -0.266. The molecule has 0 aromatic heterocycles. The Morgan fingerprint density at radius 2 is 1.89 bits per heavy atom. The number of hydrogen-bond donors (Lipinski definition) is 0. The van der Waals surface area contributed by atoms with Crippen LogP contribution in [0.25, 0.3) is 0 Å². The molecular weight excluding hydrogens is 239 g/mol. The average molecular weight is 254 g/mol. The number of anilines is 1. The molecule has 0 bridgehead atoms. The van der Waals surface area contributed by atoms with Crippen LogP contribution in [0.2, 0.25) is 0 Å². The van der Waals surface area contributed by atoms with E-state index in [4.69, 9.17) is 0 Å². The molecule has 0 aliphatic carbocycles. The molecule has 0 N–H and O–H groups in total. The molecule has 0 radical (unpaired) electrons. The zero-order valence-corrected chi connectivity index (χ0v) is 10.8. The van der Waals surface area contributed by atoms with E-state index in [1.54, 1.807) is 6.07 Å². The maximum absolute atomic E-state index is 13.2. The molecular formula is C16H15FN2. The lowest BCUT2D eigenvalue weighted by Crippen LogP contribution is -2.23. The van der Waals surface area contributed by atoms with Crippen molar-refractivity contribution in [3.63, 3.8) is 0 Å². The Balaban J connectivity index is 2.13. The molecule has 2 rings (SSSR count). The molecule has 3 heteroatoms. The topological polar surface area (TPSA) is 27.0 Å². The van der Waals surface area contributed by atoms with E-state index in [0.29, 0.717) is 6.54 Å². The molecule has 0 spiro atoms. The first-order chi connectivity index (χ1) is 9.20. The normalized spacial score (nSPS) is 11.6. The Morgan fingerprint density at radius 1 is 1.16 bits per heavy atom. The first-order valence-corrected chi connectivity index (χ1v) is 6.12. The lowest BCUT2D eigenvalue weighted by molar-refractivity contribution is 0.627. The summed E-state index contributed by atoms with van der Waals surface area (Å²) in [5.74, 6) is -0.493. The van der Waals surface area contributed by atoms with Gasteiger partial charge < -0.3 is 4.90 Å². The first kappa shape index (κ1) is 13.1. The van der Waals surface area contributed by atoms with Crippen molar-refractivity contribution in [3.05, 3.63) is 66.0 Å². The molecule has 2 aromatic carbocycles. The number of rotatable bonds is 4. The third kappa shape index (κ3) is 3.32. The molecule has 0 aliphatic heterocycles. The highest BCUT2D eigenvalue weighted by Gasteiger charge is 2.13. The lowest BCUT2D eigenvalue weighted by atomic mass is 10.00. The monoisotopic (exact) mass is 254 g/mol. The highest BCUT2D eigenvalue weighted by atomic mass is 19.1. The predicted octanol–water partition coefficient (Wildman–Crippen LogP) is 3.57. The van der Waals surface area contributed by atoms with Crippen LogP contribution in [-0.2, 0) is 0 Å². The van der Waals surface area contributed by atoms with Crippen molar-refractivity contribution >= 4 is 5.69 Å². The fourth-order valence-electron chi connectivity index (χ4n) is 2.00. The molecule has 0 saturated heterocycles. The number of halogens is 1. The molecule has 0 heterocycles. The number of benzene rings is 2. The fourth-order valence-corrected chi connectivity index (χ4v) is 2.00. The highest BCUT2D eigenvalue weighted by molar-refractivity contribution is 5.46. The molecule has 2 aromatic rings. The number of nitriles is 1. The van der Waals surface area contributed by atoms with Crippen LogP contribution in [0, 0.1) is 17.1 Å². The molecule has 0 amide bonds. The fraction of sp³-hybridized carbons (Fsp3) is 0.188. The molecule has 0 saturated carbocycles. The summed E-state index contributed by atoms with van der Waals surface area (Å²) in [7, 11) is 1.86. The number of hydrogen-bond acceptors (Lipinski definition) is 2. The third-order valence-corrected chi connectivity index (χ3v) is 3.06. The van der Waals surface area contributed by atoms with Crippen molar-refractivity contribution in [3.8, 4) is 6.07 Å². The summed E-state index contributed by atoms with van der Waals surface area (Å²) in [6, 6.07) is 18.3. The van der Waals surface area contributed by atoms with Crippen LogP contribution in [-0.4, -0.2) is 13.6 Å². The van der Waals surface area contributed by atoms with E-state index in [9.17, 15) is 9.65 Å². The van der Waals surface area contributed by atoms with Gasteiger partial charge in [0.2, 0.25) is 0 Å². The largest absolute Gasteiger partial charge is 0.373 e. The van der Waals surface area contributed by atoms with Gasteiger partial charge in [-0.1, -0.05) is 36.4 Å². The van der Waals surface area contributed by atoms with Crippen LogP contribution >= 0.6 is 0 Å². The van der Waals surface area contributed by atoms with Crippen LogP contribution in [0.4, 0.5) is 10.1 Å². The zero-order chi connectivity index (χ0) is 13.7. The van der Waals surface area contributed by atoms with Gasteiger partial charge in [0.05, 0.1) is 12.0 Å². The van der Waals surface area contributed by atoms with Gasteiger partial charge in [-0.05, 0) is 23.8 Å². The van der Waals surface area contributed by atoms with Crippen molar-refractivity contribution in [1.29, 1.82) is 5.26 Å². The summed E-state index contributed by atoms with van der Waals surface area (Å²) >= 11 is 0. The van der Waals surface area contributed by atoms with Gasteiger partial charge >= 0.3 is 0 Å². The minimum absolute atomic E-state index is 0.227. The third-order valence-electron chi connectivity index (χ3n) is 3.06. The summed E-state index contributed by atoms with van der Waals surface area (Å²) in [5, 5.41) is 9.28. The molecule has 96 valence electrons. The quantitative estimate of drug-likeness (QED) is 0.834. The SMILES string of the molecule is CN(CC(C#N)c1ccccc1)c1cccc(F)c1. The van der Waals surface area contributed by atoms with E-state index in [-0.39, 0.29) is 11.7 Å². The number of likely N-dealkylation sites (N-methyl/N-ethyl adjacent to an activating group) is 1. The molecule has 2 nitrogen and oxygen atoms in total. The standard InChI is InChI=1S/C16H15FN2/c1-19(16-9-5-8-15(17)10-16)12-14(11-18)13-6-3-2-4-7-13/h2-10,14H,12H2,1H3. The van der Waals surface area contributed by atoms with Crippen molar-refractivity contribution in [2.24, 2.45) is 0 Å². The zero-order valence-electron chi connectivity index (χ0n) is 10.8. The van der Waals surface area contributed by atoms with Crippen molar-refractivity contribution in [1.82, 2.24) is 0 Å². The maximum atomic E-state index is 13.2. The Morgan fingerprint density at radius 3 is 2.53 bits per heavy atom. The van der Waals surface area contributed by atoms with E-state index in [2.05, 4.69) is 6.07 Å². The molecule has 0 aliphatic rings. The van der Waals surface area contributed by atoms with E-state index < -0.39 is 0 Å². The van der Waals surface area contributed by atoms with Gasteiger partial charge in [-0.15, -0.1) is 0 Å². The van der Waals surface area contributed by atoms with Crippen LogP contribution in [0.15, 0.2) is 54.6 Å². The Bertz CT molecular complexity index is 575. The smallest absolute Gasteiger partial charge is 0.125 e. The molecule has 1 atom stereocenters. The van der Waals surface area contributed by atoms with Gasteiger partial charge in [-0.25, -0.2) is 4.39 Å². The summed E-state index contributed by atoms with van der Waals surface area (Å²) < 4.78 is 13.2. The van der Waals surface area contributed by atoms with Crippen molar-refractivity contribution in [2.45, 2.75) is 5.92 Å². The van der Waals surface area contributed by atoms with Crippen molar-refractivity contribution < 1.29 is 4.39 Å². The van der Waals surface area contributed by atoms with Gasteiger partial charge in [-0.3, -0.25) is 0 Å². The van der Waals surface area contributed by atoms with Crippen molar-refractivity contribution in [2.75, 3.05) is 18.5 Å². The summed E-state index contributed by atoms with van der Waals surface area (Å²) in [6.07, 6.45) is 0. The van der Waals surface area contributed by atoms with Crippen LogP contribution in [0.3, 0.4) is 0 Å². The average Bonchev–Trinajstić information content (AvgIpc) is 2.45. The summed E-state index contributed by atoms with van der Waals surface area (Å²) in [5.41, 5.74) is 1.75. The molecule has 1 unspecified atom stereocenters. The summed E-state index contributed by atoms with van der Waals surface area (Å²) in [4.78, 5) is 1.89. The minimum Gasteiger partial charge on any atom is -0.373 e.